The van der Waals surface area contributed by atoms with E-state index in [4.69, 9.17) is 4.42 Å². The minimum atomic E-state index is -0.687. The molecule has 3 rings (SSSR count). The standard InChI is InChI=1S/C17H14N6O5/c1-10(24)11-4-6-12(7-5-11)20-15-14(23(26)27)16(19-9-18-15)21-22-17(25)13-3-2-8-28-13/h2-9H,1H3,(H,22,25)(H2,18,19,20,21). The number of nitro groups is 1. The Bertz CT molecular complexity index is 1020. The molecular weight excluding hydrogens is 368 g/mol. The van der Waals surface area contributed by atoms with Gasteiger partial charge in [-0.3, -0.25) is 30.6 Å². The van der Waals surface area contributed by atoms with Crippen molar-refractivity contribution >= 4 is 34.7 Å². The fourth-order valence-corrected chi connectivity index (χ4v) is 2.24. The molecule has 0 aliphatic heterocycles. The van der Waals surface area contributed by atoms with Crippen LogP contribution in [0.2, 0.25) is 0 Å². The van der Waals surface area contributed by atoms with E-state index in [1.165, 1.54) is 25.3 Å². The second kappa shape index (κ2) is 7.95. The summed E-state index contributed by atoms with van der Waals surface area (Å²) >= 11 is 0. The van der Waals surface area contributed by atoms with Gasteiger partial charge in [-0.1, -0.05) is 0 Å². The number of anilines is 3. The molecule has 0 radical (unpaired) electrons. The van der Waals surface area contributed by atoms with Crippen molar-refractivity contribution in [2.45, 2.75) is 6.92 Å². The Morgan fingerprint density at radius 1 is 1.11 bits per heavy atom. The number of carbonyl (C=O) groups is 2. The number of hydrazine groups is 1. The van der Waals surface area contributed by atoms with Gasteiger partial charge in [-0.15, -0.1) is 0 Å². The number of hydrogen-bond acceptors (Lipinski definition) is 9. The van der Waals surface area contributed by atoms with Crippen LogP contribution in [0.5, 0.6) is 0 Å². The number of hydrogen-bond donors (Lipinski definition) is 3. The van der Waals surface area contributed by atoms with Gasteiger partial charge >= 0.3 is 11.6 Å². The van der Waals surface area contributed by atoms with E-state index in [1.807, 2.05) is 0 Å². The van der Waals surface area contributed by atoms with Gasteiger partial charge in [0.05, 0.1) is 11.2 Å². The maximum atomic E-state index is 11.9. The van der Waals surface area contributed by atoms with Crippen molar-refractivity contribution in [3.8, 4) is 0 Å². The first-order chi connectivity index (χ1) is 13.5. The molecule has 3 aromatic rings. The van der Waals surface area contributed by atoms with Gasteiger partial charge < -0.3 is 9.73 Å². The average Bonchev–Trinajstić information content (AvgIpc) is 3.21. The van der Waals surface area contributed by atoms with Crippen LogP contribution in [0.4, 0.5) is 23.0 Å². The van der Waals surface area contributed by atoms with E-state index in [0.29, 0.717) is 11.3 Å². The van der Waals surface area contributed by atoms with E-state index in [9.17, 15) is 19.7 Å². The number of nitrogens with one attached hydrogen (secondary N) is 3. The third kappa shape index (κ3) is 4.09. The minimum absolute atomic E-state index is 0.0214. The topological polar surface area (TPSA) is 152 Å². The van der Waals surface area contributed by atoms with Crippen LogP contribution in [0.3, 0.4) is 0 Å². The first-order valence-electron chi connectivity index (χ1n) is 7.93. The lowest BCUT2D eigenvalue weighted by atomic mass is 10.1. The van der Waals surface area contributed by atoms with Crippen LogP contribution in [0.15, 0.2) is 53.4 Å². The number of carbonyl (C=O) groups excluding carboxylic acids is 2. The first-order valence-corrected chi connectivity index (χ1v) is 7.93. The second-order valence-electron chi connectivity index (χ2n) is 5.49. The van der Waals surface area contributed by atoms with Gasteiger partial charge in [-0.25, -0.2) is 9.97 Å². The number of amides is 1. The zero-order chi connectivity index (χ0) is 20.1. The molecule has 3 N–H and O–H groups in total. The van der Waals surface area contributed by atoms with Gasteiger partial charge in [-0.2, -0.15) is 0 Å². The molecule has 2 heterocycles. The number of nitrogens with zero attached hydrogens (tertiary/aromatic N) is 3. The lowest BCUT2D eigenvalue weighted by Gasteiger charge is -2.10. The maximum Gasteiger partial charge on any atom is 0.355 e. The van der Waals surface area contributed by atoms with Crippen LogP contribution in [-0.4, -0.2) is 26.6 Å². The molecular formula is C17H14N6O5. The van der Waals surface area contributed by atoms with Gasteiger partial charge in [0.25, 0.3) is 0 Å². The van der Waals surface area contributed by atoms with Crippen LogP contribution in [0.1, 0.15) is 27.8 Å². The number of rotatable bonds is 7. The van der Waals surface area contributed by atoms with Gasteiger partial charge in [0.1, 0.15) is 6.33 Å². The molecule has 0 saturated heterocycles. The highest BCUT2D eigenvalue weighted by Crippen LogP contribution is 2.30. The highest BCUT2D eigenvalue weighted by Gasteiger charge is 2.24. The zero-order valence-electron chi connectivity index (χ0n) is 14.5. The molecule has 2 aromatic heterocycles. The molecule has 0 saturated carbocycles. The Kier molecular flexibility index (Phi) is 5.25. The number of aromatic nitrogens is 2. The van der Waals surface area contributed by atoms with E-state index in [-0.39, 0.29) is 23.2 Å². The predicted octanol–water partition coefficient (Wildman–Crippen LogP) is 2.68. The summed E-state index contributed by atoms with van der Waals surface area (Å²) < 4.78 is 4.94. The van der Waals surface area contributed by atoms with Crippen LogP contribution >= 0.6 is 0 Å². The van der Waals surface area contributed by atoms with Crippen molar-refractivity contribution < 1.29 is 18.9 Å². The number of benzene rings is 1. The van der Waals surface area contributed by atoms with Crippen LogP contribution < -0.4 is 16.2 Å². The summed E-state index contributed by atoms with van der Waals surface area (Å²) in [6.45, 7) is 1.44. The lowest BCUT2D eigenvalue weighted by Crippen LogP contribution is -2.30. The van der Waals surface area contributed by atoms with Crippen molar-refractivity contribution in [2.24, 2.45) is 0 Å². The third-order valence-corrected chi connectivity index (χ3v) is 3.60. The summed E-state index contributed by atoms with van der Waals surface area (Å²) in [5, 5.41) is 14.3. The van der Waals surface area contributed by atoms with Crippen molar-refractivity contribution in [1.82, 2.24) is 15.4 Å². The average molecular weight is 382 g/mol. The molecule has 28 heavy (non-hydrogen) atoms. The smallest absolute Gasteiger partial charge is 0.355 e. The molecule has 1 amide bonds. The molecule has 0 unspecified atom stereocenters. The number of furan rings is 1. The molecule has 142 valence electrons. The Hall–Kier alpha value is -4.28. The fraction of sp³-hybridized carbons (Fsp3) is 0.0588. The van der Waals surface area contributed by atoms with E-state index < -0.39 is 16.5 Å². The molecule has 11 nitrogen and oxygen atoms in total. The second-order valence-corrected chi connectivity index (χ2v) is 5.49. The molecule has 11 heteroatoms. The molecule has 0 aliphatic carbocycles. The summed E-state index contributed by atoms with van der Waals surface area (Å²) in [6.07, 6.45) is 2.42. The molecule has 1 aromatic carbocycles. The van der Waals surface area contributed by atoms with Crippen molar-refractivity contribution in [1.29, 1.82) is 0 Å². The monoisotopic (exact) mass is 382 g/mol. The first kappa shape index (κ1) is 18.5. The lowest BCUT2D eigenvalue weighted by molar-refractivity contribution is -0.383. The van der Waals surface area contributed by atoms with Gasteiger partial charge in [0.15, 0.2) is 11.5 Å². The quantitative estimate of drug-likeness (QED) is 0.318. The zero-order valence-corrected chi connectivity index (χ0v) is 14.5. The highest BCUT2D eigenvalue weighted by molar-refractivity contribution is 5.94. The molecule has 0 atom stereocenters. The maximum absolute atomic E-state index is 11.9. The van der Waals surface area contributed by atoms with Crippen molar-refractivity contribution in [2.75, 3.05) is 10.7 Å². The van der Waals surface area contributed by atoms with Gasteiger partial charge in [0, 0.05) is 11.3 Å². The fourth-order valence-electron chi connectivity index (χ4n) is 2.24. The minimum Gasteiger partial charge on any atom is -0.459 e. The van der Waals surface area contributed by atoms with Crippen molar-refractivity contribution in [3.05, 3.63) is 70.4 Å². The summed E-state index contributed by atoms with van der Waals surface area (Å²) in [4.78, 5) is 41.8. The summed E-state index contributed by atoms with van der Waals surface area (Å²) in [7, 11) is 0. The van der Waals surface area contributed by atoms with Crippen LogP contribution in [-0.2, 0) is 0 Å². The van der Waals surface area contributed by atoms with Crippen LogP contribution in [0.25, 0.3) is 0 Å². The van der Waals surface area contributed by atoms with Gasteiger partial charge in [0.2, 0.25) is 11.6 Å². The summed E-state index contributed by atoms with van der Waals surface area (Å²) in [6, 6.07) is 9.31. The third-order valence-electron chi connectivity index (χ3n) is 3.60. The molecule has 0 spiro atoms. The highest BCUT2D eigenvalue weighted by atomic mass is 16.6. The number of Topliss-reactive ketones (excluding diaryl/α,β-unsaturated/α-hetero) is 1. The molecule has 0 fully saturated rings. The Morgan fingerprint density at radius 3 is 2.43 bits per heavy atom. The van der Waals surface area contributed by atoms with E-state index in [0.717, 1.165) is 6.33 Å². The molecule has 0 aliphatic rings. The SMILES string of the molecule is CC(=O)c1ccc(Nc2ncnc(NNC(=O)c3ccco3)c2[N+](=O)[O-])cc1. The predicted molar refractivity (Wildman–Crippen MR) is 98.2 cm³/mol. The van der Waals surface area contributed by atoms with E-state index in [2.05, 4.69) is 26.1 Å². The Balaban J connectivity index is 1.81. The summed E-state index contributed by atoms with van der Waals surface area (Å²) in [5.41, 5.74) is 5.18. The number of ketones is 1. The summed E-state index contributed by atoms with van der Waals surface area (Å²) in [5.74, 6) is -1.02. The Morgan fingerprint density at radius 2 is 1.82 bits per heavy atom. The molecule has 0 bridgehead atoms. The van der Waals surface area contributed by atoms with E-state index in [1.54, 1.807) is 24.3 Å². The van der Waals surface area contributed by atoms with Crippen molar-refractivity contribution in [3.63, 3.8) is 0 Å². The largest absolute Gasteiger partial charge is 0.459 e. The van der Waals surface area contributed by atoms with Gasteiger partial charge in [-0.05, 0) is 43.3 Å². The Labute approximate surface area is 157 Å². The van der Waals surface area contributed by atoms with Crippen LogP contribution in [0, 0.1) is 10.1 Å². The normalized spacial score (nSPS) is 10.2. The van der Waals surface area contributed by atoms with E-state index >= 15 is 0 Å².